The molecule has 2 N–H and O–H groups in total. The zero-order valence-electron chi connectivity index (χ0n) is 18.9. The molecule has 2 rings (SSSR count). The molecule has 1 aromatic carbocycles. The van der Waals surface area contributed by atoms with Crippen LogP contribution in [0.3, 0.4) is 0 Å². The van der Waals surface area contributed by atoms with Gasteiger partial charge in [0.1, 0.15) is 5.60 Å². The van der Waals surface area contributed by atoms with E-state index in [-0.39, 0.29) is 18.9 Å². The lowest BCUT2D eigenvalue weighted by molar-refractivity contribution is -0.147. The van der Waals surface area contributed by atoms with Crippen LogP contribution in [0.25, 0.3) is 0 Å². The SMILES string of the molecule is CC(C)(C)OC(=O)NCCCC(=O)OCC(=O)Nc1ccc(N2CCCCCC2)cc1. The predicted molar refractivity (Wildman–Crippen MR) is 120 cm³/mol. The van der Waals surface area contributed by atoms with Crippen LogP contribution in [0.2, 0.25) is 0 Å². The van der Waals surface area contributed by atoms with Gasteiger partial charge in [0, 0.05) is 37.4 Å². The molecule has 8 nitrogen and oxygen atoms in total. The highest BCUT2D eigenvalue weighted by Gasteiger charge is 2.16. The fourth-order valence-electron chi connectivity index (χ4n) is 3.24. The fourth-order valence-corrected chi connectivity index (χ4v) is 3.24. The minimum absolute atomic E-state index is 0.105. The average Bonchev–Trinajstić information content (AvgIpc) is 2.98. The maximum Gasteiger partial charge on any atom is 0.407 e. The van der Waals surface area contributed by atoms with Gasteiger partial charge >= 0.3 is 12.1 Å². The Morgan fingerprint density at radius 2 is 1.65 bits per heavy atom. The summed E-state index contributed by atoms with van der Waals surface area (Å²) >= 11 is 0. The third kappa shape index (κ3) is 10.2. The van der Waals surface area contributed by atoms with Crippen molar-refractivity contribution in [3.63, 3.8) is 0 Å². The van der Waals surface area contributed by atoms with Gasteiger partial charge in [0.15, 0.2) is 6.61 Å². The van der Waals surface area contributed by atoms with E-state index < -0.39 is 17.7 Å². The first-order valence-corrected chi connectivity index (χ1v) is 11.0. The second-order valence-corrected chi connectivity index (χ2v) is 8.69. The van der Waals surface area contributed by atoms with Gasteiger partial charge in [0.25, 0.3) is 5.91 Å². The molecule has 0 bridgehead atoms. The minimum Gasteiger partial charge on any atom is -0.456 e. The maximum absolute atomic E-state index is 12.0. The molecule has 0 aromatic heterocycles. The molecule has 1 saturated heterocycles. The van der Waals surface area contributed by atoms with Crippen LogP contribution in [0.1, 0.15) is 59.3 Å². The number of benzene rings is 1. The molecule has 0 aliphatic carbocycles. The van der Waals surface area contributed by atoms with Crippen LogP contribution in [-0.4, -0.2) is 49.8 Å². The highest BCUT2D eigenvalue weighted by atomic mass is 16.6. The predicted octanol–water partition coefficient (Wildman–Crippen LogP) is 3.85. The van der Waals surface area contributed by atoms with Crippen molar-refractivity contribution in [2.24, 2.45) is 0 Å². The quantitative estimate of drug-likeness (QED) is 0.477. The number of amides is 2. The Balaban J connectivity index is 1.62. The normalized spacial score (nSPS) is 14.4. The molecule has 0 unspecified atom stereocenters. The number of nitrogens with zero attached hydrogens (tertiary/aromatic N) is 1. The molecule has 1 aliphatic heterocycles. The van der Waals surface area contributed by atoms with Crippen LogP contribution in [0.4, 0.5) is 16.2 Å². The van der Waals surface area contributed by atoms with Crippen LogP contribution in [0, 0.1) is 0 Å². The smallest absolute Gasteiger partial charge is 0.407 e. The second-order valence-electron chi connectivity index (χ2n) is 8.69. The van der Waals surface area contributed by atoms with Crippen molar-refractivity contribution in [2.75, 3.05) is 36.5 Å². The van der Waals surface area contributed by atoms with Crippen molar-refractivity contribution in [2.45, 2.75) is 64.9 Å². The second kappa shape index (κ2) is 12.2. The molecule has 0 atom stereocenters. The lowest BCUT2D eigenvalue weighted by atomic mass is 10.2. The first-order chi connectivity index (χ1) is 14.7. The molecule has 2 amide bonds. The van der Waals surface area contributed by atoms with Crippen LogP contribution in [0.5, 0.6) is 0 Å². The van der Waals surface area contributed by atoms with Gasteiger partial charge in [-0.3, -0.25) is 9.59 Å². The summed E-state index contributed by atoms with van der Waals surface area (Å²) in [5, 5.41) is 5.31. The van der Waals surface area contributed by atoms with Crippen molar-refractivity contribution in [3.05, 3.63) is 24.3 Å². The van der Waals surface area contributed by atoms with Crippen LogP contribution < -0.4 is 15.5 Å². The number of carbonyl (C=O) groups is 3. The number of nitrogens with one attached hydrogen (secondary N) is 2. The summed E-state index contributed by atoms with van der Waals surface area (Å²) in [6, 6.07) is 7.74. The number of alkyl carbamates (subject to hydrolysis) is 1. The Morgan fingerprint density at radius 1 is 1.00 bits per heavy atom. The monoisotopic (exact) mass is 433 g/mol. The lowest BCUT2D eigenvalue weighted by Crippen LogP contribution is -2.33. The topological polar surface area (TPSA) is 97.0 Å². The van der Waals surface area contributed by atoms with E-state index in [4.69, 9.17) is 9.47 Å². The molecule has 1 fully saturated rings. The van der Waals surface area contributed by atoms with E-state index in [2.05, 4.69) is 15.5 Å². The summed E-state index contributed by atoms with van der Waals surface area (Å²) in [6.07, 6.45) is 4.96. The number of rotatable bonds is 8. The van der Waals surface area contributed by atoms with E-state index in [1.54, 1.807) is 20.8 Å². The summed E-state index contributed by atoms with van der Waals surface area (Å²) in [5.74, 6) is -0.875. The van der Waals surface area contributed by atoms with E-state index in [1.165, 1.54) is 25.7 Å². The van der Waals surface area contributed by atoms with Gasteiger partial charge in [-0.05, 0) is 64.3 Å². The molecular formula is C23H35N3O5. The summed E-state index contributed by atoms with van der Waals surface area (Å²) in [5.41, 5.74) is 1.26. The average molecular weight is 434 g/mol. The van der Waals surface area contributed by atoms with Gasteiger partial charge in [-0.2, -0.15) is 0 Å². The Morgan fingerprint density at radius 3 is 2.26 bits per heavy atom. The molecule has 8 heteroatoms. The van der Waals surface area contributed by atoms with E-state index in [0.717, 1.165) is 18.8 Å². The zero-order chi connectivity index (χ0) is 22.7. The van der Waals surface area contributed by atoms with Gasteiger partial charge in [-0.25, -0.2) is 4.79 Å². The molecule has 0 radical (unpaired) electrons. The van der Waals surface area contributed by atoms with Crippen molar-refractivity contribution >= 4 is 29.3 Å². The minimum atomic E-state index is -0.566. The largest absolute Gasteiger partial charge is 0.456 e. The summed E-state index contributed by atoms with van der Waals surface area (Å²) in [4.78, 5) is 37.7. The summed E-state index contributed by atoms with van der Waals surface area (Å²) < 4.78 is 10.1. The van der Waals surface area contributed by atoms with Crippen LogP contribution in [-0.2, 0) is 19.1 Å². The van der Waals surface area contributed by atoms with Gasteiger partial charge < -0.3 is 25.0 Å². The van der Waals surface area contributed by atoms with Gasteiger partial charge in [0.2, 0.25) is 0 Å². The number of anilines is 2. The molecule has 0 saturated carbocycles. The van der Waals surface area contributed by atoms with Gasteiger partial charge in [-0.15, -0.1) is 0 Å². The summed E-state index contributed by atoms with van der Waals surface area (Å²) in [6.45, 7) is 7.41. The van der Waals surface area contributed by atoms with Crippen LogP contribution in [0.15, 0.2) is 24.3 Å². The Hall–Kier alpha value is -2.77. The van der Waals surface area contributed by atoms with Crippen LogP contribution >= 0.6 is 0 Å². The van der Waals surface area contributed by atoms with Crippen molar-refractivity contribution in [1.82, 2.24) is 5.32 Å². The van der Waals surface area contributed by atoms with Crippen molar-refractivity contribution < 1.29 is 23.9 Å². The number of esters is 1. The molecule has 0 spiro atoms. The first-order valence-electron chi connectivity index (χ1n) is 11.0. The summed E-state index contributed by atoms with van der Waals surface area (Å²) in [7, 11) is 0. The van der Waals surface area contributed by atoms with E-state index in [9.17, 15) is 14.4 Å². The third-order valence-electron chi connectivity index (χ3n) is 4.71. The maximum atomic E-state index is 12.0. The van der Waals surface area contributed by atoms with E-state index in [0.29, 0.717) is 18.7 Å². The van der Waals surface area contributed by atoms with Crippen molar-refractivity contribution in [3.8, 4) is 0 Å². The van der Waals surface area contributed by atoms with Gasteiger partial charge in [-0.1, -0.05) is 12.8 Å². The number of ether oxygens (including phenoxy) is 2. The Bertz CT molecular complexity index is 720. The zero-order valence-corrected chi connectivity index (χ0v) is 18.9. The number of carbonyl (C=O) groups excluding carboxylic acids is 3. The van der Waals surface area contributed by atoms with E-state index >= 15 is 0 Å². The number of hydrogen-bond acceptors (Lipinski definition) is 6. The van der Waals surface area contributed by atoms with Gasteiger partial charge in [0.05, 0.1) is 0 Å². The van der Waals surface area contributed by atoms with Crippen molar-refractivity contribution in [1.29, 1.82) is 0 Å². The standard InChI is InChI=1S/C23H35N3O5/c1-23(2,3)31-22(29)24-14-8-9-21(28)30-17-20(27)25-18-10-12-19(13-11-18)26-15-6-4-5-7-16-26/h10-13H,4-9,14-17H2,1-3H3,(H,24,29)(H,25,27). The fraction of sp³-hybridized carbons (Fsp3) is 0.609. The molecule has 172 valence electrons. The molecule has 1 aliphatic rings. The lowest BCUT2D eigenvalue weighted by Gasteiger charge is -2.22. The highest BCUT2D eigenvalue weighted by molar-refractivity contribution is 5.92. The Labute approximate surface area is 184 Å². The molecular weight excluding hydrogens is 398 g/mol. The molecule has 1 heterocycles. The third-order valence-corrected chi connectivity index (χ3v) is 4.71. The Kier molecular flexibility index (Phi) is 9.62. The number of hydrogen-bond donors (Lipinski definition) is 2. The molecule has 1 aromatic rings. The van der Waals surface area contributed by atoms with E-state index in [1.807, 2.05) is 24.3 Å². The molecule has 31 heavy (non-hydrogen) atoms. The first kappa shape index (κ1) is 24.5. The highest BCUT2D eigenvalue weighted by Crippen LogP contribution is 2.21.